The maximum Gasteiger partial charge on any atom is 0.178 e. The van der Waals surface area contributed by atoms with Crippen molar-refractivity contribution in [3.63, 3.8) is 0 Å². The number of halogens is 1. The summed E-state index contributed by atoms with van der Waals surface area (Å²) in [5.41, 5.74) is 1.34. The van der Waals surface area contributed by atoms with Crippen molar-refractivity contribution >= 4 is 22.6 Å². The summed E-state index contributed by atoms with van der Waals surface area (Å²) >= 11 is 6.09. The quantitative estimate of drug-likeness (QED) is 0.711. The fourth-order valence-corrected chi connectivity index (χ4v) is 2.67. The molecule has 24 heavy (non-hydrogen) atoms. The van der Waals surface area contributed by atoms with Gasteiger partial charge in [0.2, 0.25) is 0 Å². The summed E-state index contributed by atoms with van der Waals surface area (Å²) in [7, 11) is 1.78. The van der Waals surface area contributed by atoms with Crippen LogP contribution in [0.4, 0.5) is 0 Å². The molecule has 0 aliphatic heterocycles. The van der Waals surface area contributed by atoms with Gasteiger partial charge in [0.15, 0.2) is 16.5 Å². The minimum absolute atomic E-state index is 0.0934. The third-order valence-electron chi connectivity index (χ3n) is 3.57. The van der Waals surface area contributed by atoms with Crippen LogP contribution in [-0.4, -0.2) is 19.5 Å². The van der Waals surface area contributed by atoms with Gasteiger partial charge in [-0.2, -0.15) is 15.8 Å². The van der Waals surface area contributed by atoms with E-state index in [1.54, 1.807) is 23.8 Å². The molecule has 3 rings (SSSR count). The van der Waals surface area contributed by atoms with Gasteiger partial charge in [0.05, 0.1) is 17.1 Å². The molecule has 3 aromatic rings. The molecule has 0 amide bonds. The van der Waals surface area contributed by atoms with Gasteiger partial charge in [0, 0.05) is 7.05 Å². The Hall–Kier alpha value is -3.47. The maximum absolute atomic E-state index is 9.62. The summed E-state index contributed by atoms with van der Waals surface area (Å²) < 4.78 is 1.77. The molecule has 0 N–H and O–H groups in total. The van der Waals surface area contributed by atoms with Crippen LogP contribution in [0.2, 0.25) is 5.15 Å². The highest BCUT2D eigenvalue weighted by atomic mass is 35.5. The molecule has 0 radical (unpaired) electrons. The Kier molecular flexibility index (Phi) is 3.83. The second-order valence-electron chi connectivity index (χ2n) is 4.90. The number of para-hydroxylation sites is 2. The molecule has 0 saturated carbocycles. The molecule has 1 unspecified atom stereocenters. The molecule has 0 bridgehead atoms. The molecular formula is C16H8ClN7. The van der Waals surface area contributed by atoms with Gasteiger partial charge in [-0.3, -0.25) is 0 Å². The van der Waals surface area contributed by atoms with E-state index in [1.165, 1.54) is 0 Å². The highest BCUT2D eigenvalue weighted by Gasteiger charge is 2.26. The van der Waals surface area contributed by atoms with E-state index in [1.807, 2.05) is 24.3 Å². The van der Waals surface area contributed by atoms with E-state index in [2.05, 4.69) is 21.0 Å². The first kappa shape index (κ1) is 15.4. The number of aromatic nitrogens is 4. The van der Waals surface area contributed by atoms with Gasteiger partial charge in [-0.15, -0.1) is 0 Å². The fraction of sp³-hybridized carbons (Fsp3) is 0.125. The topological polar surface area (TPSA) is 115 Å². The van der Waals surface area contributed by atoms with Gasteiger partial charge in [0.25, 0.3) is 0 Å². The number of nitriles is 3. The van der Waals surface area contributed by atoms with Crippen LogP contribution in [0.15, 0.2) is 24.3 Å². The van der Waals surface area contributed by atoms with Crippen LogP contribution in [0.25, 0.3) is 11.0 Å². The van der Waals surface area contributed by atoms with Crippen LogP contribution in [0, 0.1) is 34.0 Å². The van der Waals surface area contributed by atoms with E-state index in [0.29, 0.717) is 5.82 Å². The third kappa shape index (κ3) is 2.32. The molecule has 114 valence electrons. The summed E-state index contributed by atoms with van der Waals surface area (Å²) in [5, 5.41) is 27.6. The summed E-state index contributed by atoms with van der Waals surface area (Å²) in [6.07, 6.45) is 0. The van der Waals surface area contributed by atoms with Crippen LogP contribution >= 0.6 is 11.6 Å². The Morgan fingerprint density at radius 3 is 2.33 bits per heavy atom. The van der Waals surface area contributed by atoms with Crippen LogP contribution in [0.1, 0.15) is 28.8 Å². The summed E-state index contributed by atoms with van der Waals surface area (Å²) in [4.78, 5) is 12.4. The van der Waals surface area contributed by atoms with Crippen molar-refractivity contribution < 1.29 is 0 Å². The second-order valence-corrected chi connectivity index (χ2v) is 5.26. The zero-order valence-corrected chi connectivity index (χ0v) is 13.2. The molecule has 0 fully saturated rings. The molecule has 8 heteroatoms. The summed E-state index contributed by atoms with van der Waals surface area (Å²) in [5.74, 6) is -0.481. The van der Waals surface area contributed by atoms with Gasteiger partial charge < -0.3 is 4.57 Å². The van der Waals surface area contributed by atoms with Crippen LogP contribution in [-0.2, 0) is 7.05 Å². The number of nitrogens with zero attached hydrogens (tertiary/aromatic N) is 7. The van der Waals surface area contributed by atoms with Gasteiger partial charge >= 0.3 is 0 Å². The largest absolute Gasteiger partial charge is 0.330 e. The smallest absolute Gasteiger partial charge is 0.178 e. The summed E-state index contributed by atoms with van der Waals surface area (Å²) in [6, 6.07) is 13.1. The van der Waals surface area contributed by atoms with Crippen LogP contribution in [0.3, 0.4) is 0 Å². The first-order valence-corrected chi connectivity index (χ1v) is 7.17. The number of hydrogen-bond donors (Lipinski definition) is 0. The Morgan fingerprint density at radius 2 is 1.71 bits per heavy atom. The number of imidazole rings is 1. The number of benzene rings is 1. The normalized spacial score (nSPS) is 11.5. The van der Waals surface area contributed by atoms with Crippen molar-refractivity contribution in [2.24, 2.45) is 7.05 Å². The molecule has 2 aromatic heterocycles. The number of fused-ring (bicyclic) bond motifs is 1. The predicted octanol–water partition coefficient (Wildman–Crippen LogP) is 2.42. The molecule has 0 aliphatic carbocycles. The number of rotatable bonds is 2. The first-order valence-electron chi connectivity index (χ1n) is 6.79. The van der Waals surface area contributed by atoms with E-state index in [-0.39, 0.29) is 22.2 Å². The minimum atomic E-state index is -0.915. The first-order chi connectivity index (χ1) is 11.6. The van der Waals surface area contributed by atoms with Crippen molar-refractivity contribution in [1.82, 2.24) is 19.5 Å². The molecule has 1 aromatic carbocycles. The van der Waals surface area contributed by atoms with Crippen molar-refractivity contribution in [3.05, 3.63) is 52.3 Å². The van der Waals surface area contributed by atoms with Gasteiger partial charge in [-0.1, -0.05) is 23.7 Å². The molecule has 0 spiro atoms. The Morgan fingerprint density at radius 1 is 1.04 bits per heavy atom. The van der Waals surface area contributed by atoms with Gasteiger partial charge in [0.1, 0.15) is 29.6 Å². The van der Waals surface area contributed by atoms with Crippen molar-refractivity contribution in [2.45, 2.75) is 5.92 Å². The van der Waals surface area contributed by atoms with E-state index in [0.717, 1.165) is 11.0 Å². The lowest BCUT2D eigenvalue weighted by Gasteiger charge is -2.10. The van der Waals surface area contributed by atoms with Crippen molar-refractivity contribution in [2.75, 3.05) is 0 Å². The van der Waals surface area contributed by atoms with E-state index >= 15 is 0 Å². The zero-order chi connectivity index (χ0) is 17.3. The van der Waals surface area contributed by atoms with Crippen molar-refractivity contribution in [1.29, 1.82) is 15.8 Å². The lowest BCUT2D eigenvalue weighted by molar-refractivity contribution is 0.779. The monoisotopic (exact) mass is 333 g/mol. The van der Waals surface area contributed by atoms with Crippen molar-refractivity contribution in [3.8, 4) is 18.2 Å². The van der Waals surface area contributed by atoms with E-state index < -0.39 is 5.92 Å². The van der Waals surface area contributed by atoms with Crippen LogP contribution in [0.5, 0.6) is 0 Å². The lowest BCUT2D eigenvalue weighted by atomic mass is 10.1. The Balaban J connectivity index is 2.23. The van der Waals surface area contributed by atoms with Gasteiger partial charge in [-0.05, 0) is 12.1 Å². The lowest BCUT2D eigenvalue weighted by Crippen LogP contribution is -2.11. The molecule has 1 atom stereocenters. The minimum Gasteiger partial charge on any atom is -0.330 e. The molecular weight excluding hydrogens is 326 g/mol. The maximum atomic E-state index is 9.62. The SMILES string of the molecule is Cn1c(C(C#N)c2nc(C#N)c(C#N)nc2Cl)nc2ccccc21. The molecule has 7 nitrogen and oxygen atoms in total. The average molecular weight is 334 g/mol. The Labute approximate surface area is 142 Å². The number of aryl methyl sites for hydroxylation is 1. The number of hydrogen-bond acceptors (Lipinski definition) is 6. The average Bonchev–Trinajstić information content (AvgIpc) is 2.93. The molecule has 2 heterocycles. The highest BCUT2D eigenvalue weighted by molar-refractivity contribution is 6.30. The van der Waals surface area contributed by atoms with E-state index in [9.17, 15) is 5.26 Å². The highest BCUT2D eigenvalue weighted by Crippen LogP contribution is 2.29. The second kappa shape index (κ2) is 5.96. The fourth-order valence-electron chi connectivity index (χ4n) is 2.43. The molecule has 0 aliphatic rings. The van der Waals surface area contributed by atoms with Crippen LogP contribution < -0.4 is 0 Å². The summed E-state index contributed by atoms with van der Waals surface area (Å²) in [6.45, 7) is 0. The molecule has 0 saturated heterocycles. The zero-order valence-electron chi connectivity index (χ0n) is 12.4. The standard InChI is InChI=1S/C16H8ClN7/c1-24-13-5-3-2-4-10(13)23-16(24)9(6-18)14-15(17)22-12(8-20)11(7-19)21-14/h2-5,9H,1H3. The van der Waals surface area contributed by atoms with Gasteiger partial charge in [-0.25, -0.2) is 15.0 Å². The third-order valence-corrected chi connectivity index (χ3v) is 3.85. The Bertz CT molecular complexity index is 1080. The predicted molar refractivity (Wildman–Crippen MR) is 84.6 cm³/mol. The van der Waals surface area contributed by atoms with E-state index in [4.69, 9.17) is 22.1 Å².